The number of Topliss-reactive ketones (excluding diaryl/α,β-unsaturated/α-hetero) is 2. The van der Waals surface area contributed by atoms with E-state index in [9.17, 15) is 14.4 Å². The molecule has 5 heteroatoms. The lowest BCUT2D eigenvalue weighted by Gasteiger charge is -2.39. The van der Waals surface area contributed by atoms with Gasteiger partial charge in [-0.05, 0) is 42.2 Å². The summed E-state index contributed by atoms with van der Waals surface area (Å²) >= 11 is 0. The van der Waals surface area contributed by atoms with Gasteiger partial charge in [-0.25, -0.2) is 0 Å². The van der Waals surface area contributed by atoms with E-state index < -0.39 is 23.4 Å². The molecule has 1 saturated heterocycles. The molecule has 4 atom stereocenters. The van der Waals surface area contributed by atoms with Crippen LogP contribution in [0.25, 0.3) is 5.57 Å². The molecule has 0 aromatic heterocycles. The molecule has 4 aromatic rings. The van der Waals surface area contributed by atoms with Gasteiger partial charge in [-0.3, -0.25) is 14.4 Å². The third-order valence-electron chi connectivity index (χ3n) is 9.27. The molecule has 0 aliphatic carbocycles. The number of benzene rings is 4. The van der Waals surface area contributed by atoms with E-state index in [0.717, 1.165) is 40.8 Å². The highest BCUT2D eigenvalue weighted by Gasteiger charge is 2.70. The van der Waals surface area contributed by atoms with Crippen LogP contribution in [0.1, 0.15) is 57.7 Å². The fraction of sp³-hybridized carbons (Fsp3) is 0.216. The van der Waals surface area contributed by atoms with E-state index in [0.29, 0.717) is 16.8 Å². The first-order chi connectivity index (χ1) is 20.5. The number of para-hydroxylation sites is 2. The maximum atomic E-state index is 14.9. The van der Waals surface area contributed by atoms with Crippen LogP contribution in [0.5, 0.6) is 0 Å². The minimum absolute atomic E-state index is 0.168. The van der Waals surface area contributed by atoms with E-state index in [2.05, 4.69) is 23.2 Å². The van der Waals surface area contributed by atoms with Crippen molar-refractivity contribution in [2.45, 2.75) is 44.2 Å². The number of nitrogens with zero attached hydrogens (tertiary/aromatic N) is 1. The van der Waals surface area contributed by atoms with Crippen molar-refractivity contribution in [3.05, 3.63) is 137 Å². The number of anilines is 2. The maximum absolute atomic E-state index is 14.9. The Labute approximate surface area is 245 Å². The maximum Gasteiger partial charge on any atom is 0.238 e. The summed E-state index contributed by atoms with van der Waals surface area (Å²) in [4.78, 5) is 46.2. The Morgan fingerprint density at radius 1 is 0.810 bits per heavy atom. The van der Waals surface area contributed by atoms with Gasteiger partial charge in [-0.15, -0.1) is 0 Å². The highest BCUT2D eigenvalue weighted by Crippen LogP contribution is 2.58. The SMILES string of the molecule is CCCc1ccc(C(=O)[C@@H]2[C@H](C(=O)c3ccccc3)N3c4ccccc4C(C)=C[C@H]3[C@]23C(=O)Nc2ccccc23)cc1. The Morgan fingerprint density at radius 2 is 1.48 bits per heavy atom. The van der Waals surface area contributed by atoms with Gasteiger partial charge in [0.15, 0.2) is 11.6 Å². The van der Waals surface area contributed by atoms with Crippen LogP contribution in [0.2, 0.25) is 0 Å². The summed E-state index contributed by atoms with van der Waals surface area (Å²) in [7, 11) is 0. The van der Waals surface area contributed by atoms with Gasteiger partial charge >= 0.3 is 0 Å². The highest BCUT2D eigenvalue weighted by molar-refractivity contribution is 6.18. The number of allylic oxidation sites excluding steroid dienone is 1. The van der Waals surface area contributed by atoms with Gasteiger partial charge in [-0.1, -0.05) is 110 Å². The van der Waals surface area contributed by atoms with Crippen molar-refractivity contribution in [3.63, 3.8) is 0 Å². The molecule has 7 rings (SSSR count). The summed E-state index contributed by atoms with van der Waals surface area (Å²) in [5.74, 6) is -1.58. The van der Waals surface area contributed by atoms with Crippen molar-refractivity contribution in [1.29, 1.82) is 0 Å². The third kappa shape index (κ3) is 3.66. The smallest absolute Gasteiger partial charge is 0.238 e. The summed E-state index contributed by atoms with van der Waals surface area (Å²) in [6, 6.07) is 31.0. The number of carbonyl (C=O) groups excluding carboxylic acids is 3. The molecule has 208 valence electrons. The first-order valence-electron chi connectivity index (χ1n) is 14.7. The van der Waals surface area contributed by atoms with E-state index in [1.807, 2.05) is 97.9 Å². The number of carbonyl (C=O) groups is 3. The average molecular weight is 553 g/mol. The van der Waals surface area contributed by atoms with Crippen molar-refractivity contribution in [2.24, 2.45) is 5.92 Å². The molecule has 5 nitrogen and oxygen atoms in total. The molecular formula is C37H32N2O3. The van der Waals surface area contributed by atoms with Gasteiger partial charge in [0, 0.05) is 28.1 Å². The Morgan fingerprint density at radius 3 is 2.24 bits per heavy atom. The molecule has 1 fully saturated rings. The number of ketones is 2. The fourth-order valence-electron chi connectivity index (χ4n) is 7.46. The Bertz CT molecular complexity index is 1760. The Hall–Kier alpha value is -4.77. The van der Waals surface area contributed by atoms with E-state index in [1.54, 1.807) is 12.1 Å². The molecule has 1 spiro atoms. The number of nitrogens with one attached hydrogen (secondary N) is 1. The number of fused-ring (bicyclic) bond motifs is 6. The lowest BCUT2D eigenvalue weighted by Crippen LogP contribution is -2.51. The van der Waals surface area contributed by atoms with E-state index in [4.69, 9.17) is 0 Å². The quantitative estimate of drug-likeness (QED) is 0.265. The second-order valence-corrected chi connectivity index (χ2v) is 11.6. The van der Waals surface area contributed by atoms with Crippen LogP contribution >= 0.6 is 0 Å². The minimum Gasteiger partial charge on any atom is -0.352 e. The largest absolute Gasteiger partial charge is 0.352 e. The normalized spacial score (nSPS) is 23.6. The van der Waals surface area contributed by atoms with Crippen LogP contribution in [0.3, 0.4) is 0 Å². The van der Waals surface area contributed by atoms with Crippen LogP contribution in [-0.4, -0.2) is 29.6 Å². The number of hydrogen-bond acceptors (Lipinski definition) is 4. The van der Waals surface area contributed by atoms with Gasteiger partial charge in [0.05, 0.1) is 12.0 Å². The number of amides is 1. The molecule has 0 saturated carbocycles. The van der Waals surface area contributed by atoms with Crippen molar-refractivity contribution in [2.75, 3.05) is 10.2 Å². The second kappa shape index (κ2) is 9.95. The lowest BCUT2D eigenvalue weighted by molar-refractivity contribution is -0.121. The van der Waals surface area contributed by atoms with Crippen LogP contribution in [0.4, 0.5) is 11.4 Å². The molecule has 1 N–H and O–H groups in total. The van der Waals surface area contributed by atoms with Crippen molar-refractivity contribution in [1.82, 2.24) is 0 Å². The van der Waals surface area contributed by atoms with Crippen LogP contribution < -0.4 is 10.2 Å². The molecule has 3 aliphatic heterocycles. The lowest BCUT2D eigenvalue weighted by atomic mass is 9.64. The predicted molar refractivity (Wildman–Crippen MR) is 166 cm³/mol. The van der Waals surface area contributed by atoms with Crippen LogP contribution in [0, 0.1) is 5.92 Å². The van der Waals surface area contributed by atoms with E-state index in [-0.39, 0.29) is 17.5 Å². The van der Waals surface area contributed by atoms with E-state index in [1.165, 1.54) is 0 Å². The van der Waals surface area contributed by atoms with Crippen molar-refractivity contribution < 1.29 is 14.4 Å². The zero-order chi connectivity index (χ0) is 29.0. The molecular weight excluding hydrogens is 520 g/mol. The van der Waals surface area contributed by atoms with Crippen molar-refractivity contribution >= 4 is 34.4 Å². The van der Waals surface area contributed by atoms with Gasteiger partial charge < -0.3 is 10.2 Å². The number of rotatable bonds is 6. The molecule has 42 heavy (non-hydrogen) atoms. The van der Waals surface area contributed by atoms with Crippen LogP contribution in [0.15, 0.2) is 109 Å². The first kappa shape index (κ1) is 26.1. The zero-order valence-corrected chi connectivity index (χ0v) is 23.7. The summed E-state index contributed by atoms with van der Waals surface area (Å²) in [5, 5.41) is 3.11. The fourth-order valence-corrected chi connectivity index (χ4v) is 7.46. The summed E-state index contributed by atoms with van der Waals surface area (Å²) in [6.07, 6.45) is 4.02. The summed E-state index contributed by atoms with van der Waals surface area (Å²) < 4.78 is 0. The Kier molecular flexibility index (Phi) is 6.19. The molecule has 3 aliphatic rings. The van der Waals surface area contributed by atoms with Gasteiger partial charge in [0.2, 0.25) is 5.91 Å². The topological polar surface area (TPSA) is 66.5 Å². The third-order valence-corrected chi connectivity index (χ3v) is 9.27. The standard InChI is InChI=1S/C37H32N2O3/c1-3-11-24-18-20-26(21-19-24)34(40)32-33(35(41)25-12-5-4-6-13-25)39-30-17-10-7-14-27(30)23(2)22-31(39)37(32)28-15-8-9-16-29(28)38-36(37)42/h4-10,12-22,31-33H,3,11H2,1-2H3,(H,38,42)/t31-,32-,33+,37-/m0/s1. The van der Waals surface area contributed by atoms with E-state index >= 15 is 0 Å². The monoisotopic (exact) mass is 552 g/mol. The summed E-state index contributed by atoms with van der Waals surface area (Å²) in [5.41, 5.74) is 5.21. The predicted octanol–water partition coefficient (Wildman–Crippen LogP) is 6.89. The second-order valence-electron chi connectivity index (χ2n) is 11.6. The average Bonchev–Trinajstić information content (AvgIpc) is 3.49. The van der Waals surface area contributed by atoms with Gasteiger partial charge in [0.1, 0.15) is 11.5 Å². The number of hydrogen-bond donors (Lipinski definition) is 1. The molecule has 0 unspecified atom stereocenters. The van der Waals surface area contributed by atoms with Gasteiger partial charge in [-0.2, -0.15) is 0 Å². The molecule has 1 amide bonds. The molecule has 3 heterocycles. The van der Waals surface area contributed by atoms with Gasteiger partial charge in [0.25, 0.3) is 0 Å². The van der Waals surface area contributed by atoms with Crippen molar-refractivity contribution in [3.8, 4) is 0 Å². The zero-order valence-electron chi connectivity index (χ0n) is 23.7. The first-order valence-corrected chi connectivity index (χ1v) is 14.7. The Balaban J connectivity index is 1.52. The number of aryl methyl sites for hydroxylation is 1. The summed E-state index contributed by atoms with van der Waals surface area (Å²) in [6.45, 7) is 4.17. The molecule has 0 bridgehead atoms. The molecule has 4 aromatic carbocycles. The minimum atomic E-state index is -1.31. The van der Waals surface area contributed by atoms with Crippen LogP contribution in [-0.2, 0) is 16.6 Å². The highest BCUT2D eigenvalue weighted by atomic mass is 16.2. The molecule has 0 radical (unpaired) electrons.